The smallest absolute Gasteiger partial charge is 0.166 e. The summed E-state index contributed by atoms with van der Waals surface area (Å²) in [7, 11) is 1.79. The van der Waals surface area contributed by atoms with Crippen LogP contribution in [0.15, 0.2) is 10.7 Å². The van der Waals surface area contributed by atoms with Gasteiger partial charge in [0.2, 0.25) is 0 Å². The molecule has 0 aliphatic carbocycles. The Labute approximate surface area is 97.2 Å². The van der Waals surface area contributed by atoms with E-state index in [2.05, 4.69) is 38.6 Å². The van der Waals surface area contributed by atoms with E-state index in [-0.39, 0.29) is 0 Å². The summed E-state index contributed by atoms with van der Waals surface area (Å²) in [5.74, 6) is 0. The van der Waals surface area contributed by atoms with Gasteiger partial charge in [-0.05, 0) is 35.1 Å². The summed E-state index contributed by atoms with van der Waals surface area (Å²) in [4.78, 5) is 0. The van der Waals surface area contributed by atoms with Crippen LogP contribution in [0.2, 0.25) is 0 Å². The topological polar surface area (TPSA) is 41.9 Å². The minimum Gasteiger partial charge on any atom is -0.366 e. The van der Waals surface area contributed by atoms with Gasteiger partial charge in [-0.25, -0.2) is 0 Å². The average molecular weight is 277 g/mol. The fourth-order valence-corrected chi connectivity index (χ4v) is 1.60. The number of hydrogen-bond donors (Lipinski definition) is 2. The predicted octanol–water partition coefficient (Wildman–Crippen LogP) is 1.26. The van der Waals surface area contributed by atoms with E-state index >= 15 is 0 Å². The summed E-state index contributed by atoms with van der Waals surface area (Å²) in [6.45, 7) is 3.59. The Kier molecular flexibility index (Phi) is 4.34. The second-order valence-corrected chi connectivity index (χ2v) is 3.95. The molecule has 0 aromatic carbocycles. The van der Waals surface area contributed by atoms with Crippen LogP contribution in [0.1, 0.15) is 12.6 Å². The molecule has 4 nitrogen and oxygen atoms in total. The number of nitrogens with zero attached hydrogens (tertiary/aromatic N) is 2. The highest BCUT2D eigenvalue weighted by Gasteiger charge is 2.06. The van der Waals surface area contributed by atoms with Crippen molar-refractivity contribution in [2.24, 2.45) is 0 Å². The molecule has 0 fully saturated rings. The molecule has 1 aromatic heterocycles. The zero-order valence-corrected chi connectivity index (χ0v) is 10.6. The minimum atomic E-state index is 0.640. The standard InChI is InChI=1S/C8H13BrN4S/c1-3-13-7(6(9)4-12-13)5-11-8(14)10-2/h4H,3,5H2,1-2H3,(H2,10,11,14). The van der Waals surface area contributed by atoms with Crippen LogP contribution in [0.5, 0.6) is 0 Å². The molecule has 0 amide bonds. The molecule has 1 aromatic rings. The Morgan fingerprint density at radius 3 is 3.00 bits per heavy atom. The zero-order valence-electron chi connectivity index (χ0n) is 8.17. The lowest BCUT2D eigenvalue weighted by atomic mass is 10.4. The number of thiocarbonyl (C=S) groups is 1. The Hall–Kier alpha value is -0.620. The van der Waals surface area contributed by atoms with Gasteiger partial charge in [-0.3, -0.25) is 4.68 Å². The van der Waals surface area contributed by atoms with Gasteiger partial charge in [0.15, 0.2) is 5.11 Å². The molecule has 1 heterocycles. The van der Waals surface area contributed by atoms with E-state index in [1.165, 1.54) is 0 Å². The summed E-state index contributed by atoms with van der Waals surface area (Å²) in [6, 6.07) is 0. The van der Waals surface area contributed by atoms with Crippen molar-refractivity contribution >= 4 is 33.3 Å². The highest BCUT2D eigenvalue weighted by atomic mass is 79.9. The molecule has 0 aliphatic rings. The first-order chi connectivity index (χ1) is 6.69. The van der Waals surface area contributed by atoms with Crippen LogP contribution in [-0.2, 0) is 13.1 Å². The highest BCUT2D eigenvalue weighted by molar-refractivity contribution is 9.10. The van der Waals surface area contributed by atoms with Crippen LogP contribution in [-0.4, -0.2) is 21.9 Å². The van der Waals surface area contributed by atoms with E-state index in [1.807, 2.05) is 4.68 Å². The van der Waals surface area contributed by atoms with Crippen molar-refractivity contribution < 1.29 is 0 Å². The van der Waals surface area contributed by atoms with Gasteiger partial charge in [-0.1, -0.05) is 0 Å². The van der Waals surface area contributed by atoms with Gasteiger partial charge < -0.3 is 10.6 Å². The van der Waals surface area contributed by atoms with Crippen molar-refractivity contribution in [3.8, 4) is 0 Å². The molecule has 0 bridgehead atoms. The second kappa shape index (κ2) is 5.31. The van der Waals surface area contributed by atoms with Crippen LogP contribution < -0.4 is 10.6 Å². The lowest BCUT2D eigenvalue weighted by Crippen LogP contribution is -2.32. The van der Waals surface area contributed by atoms with Crippen molar-refractivity contribution in [1.82, 2.24) is 20.4 Å². The molecule has 0 atom stereocenters. The largest absolute Gasteiger partial charge is 0.366 e. The lowest BCUT2D eigenvalue weighted by molar-refractivity contribution is 0.611. The third-order valence-electron chi connectivity index (χ3n) is 1.84. The van der Waals surface area contributed by atoms with Crippen molar-refractivity contribution in [2.45, 2.75) is 20.0 Å². The Morgan fingerprint density at radius 2 is 2.43 bits per heavy atom. The van der Waals surface area contributed by atoms with Crippen molar-refractivity contribution in [3.05, 3.63) is 16.4 Å². The quantitative estimate of drug-likeness (QED) is 0.816. The summed E-state index contributed by atoms with van der Waals surface area (Å²) >= 11 is 8.43. The van der Waals surface area contributed by atoms with Crippen LogP contribution in [0.3, 0.4) is 0 Å². The van der Waals surface area contributed by atoms with Crippen LogP contribution in [0.25, 0.3) is 0 Å². The Balaban J connectivity index is 2.65. The normalized spacial score (nSPS) is 9.93. The molecule has 6 heteroatoms. The van der Waals surface area contributed by atoms with Crippen molar-refractivity contribution in [2.75, 3.05) is 7.05 Å². The number of aromatic nitrogens is 2. The van der Waals surface area contributed by atoms with Gasteiger partial charge in [-0.2, -0.15) is 5.10 Å². The number of rotatable bonds is 3. The predicted molar refractivity (Wildman–Crippen MR) is 64.1 cm³/mol. The second-order valence-electron chi connectivity index (χ2n) is 2.69. The number of aryl methyl sites for hydroxylation is 1. The molecule has 1 rings (SSSR count). The molecule has 2 N–H and O–H groups in total. The van der Waals surface area contributed by atoms with Crippen LogP contribution in [0.4, 0.5) is 0 Å². The summed E-state index contributed by atoms with van der Waals surface area (Å²) in [5, 5.41) is 10.8. The van der Waals surface area contributed by atoms with Crippen molar-refractivity contribution in [3.63, 3.8) is 0 Å². The highest BCUT2D eigenvalue weighted by Crippen LogP contribution is 2.15. The SMILES string of the molecule is CCn1ncc(Br)c1CNC(=S)NC. The third-order valence-corrected chi connectivity index (χ3v) is 2.85. The van der Waals surface area contributed by atoms with E-state index in [4.69, 9.17) is 12.2 Å². The van der Waals surface area contributed by atoms with Gasteiger partial charge in [0.25, 0.3) is 0 Å². The van der Waals surface area contributed by atoms with Gasteiger partial charge in [0.1, 0.15) is 0 Å². The maximum atomic E-state index is 4.98. The first-order valence-corrected chi connectivity index (χ1v) is 5.55. The van der Waals surface area contributed by atoms with Gasteiger partial charge in [0.05, 0.1) is 22.9 Å². The molecule has 0 saturated heterocycles. The van der Waals surface area contributed by atoms with E-state index in [0.717, 1.165) is 16.7 Å². The third kappa shape index (κ3) is 2.68. The van der Waals surface area contributed by atoms with E-state index in [9.17, 15) is 0 Å². The first kappa shape index (κ1) is 11.5. The Bertz CT molecular complexity index is 323. The van der Waals surface area contributed by atoms with E-state index in [1.54, 1.807) is 13.2 Å². The Morgan fingerprint density at radius 1 is 1.71 bits per heavy atom. The molecular weight excluding hydrogens is 264 g/mol. The fraction of sp³-hybridized carbons (Fsp3) is 0.500. The molecular formula is C8H13BrN4S. The zero-order chi connectivity index (χ0) is 10.6. The molecule has 0 saturated carbocycles. The molecule has 0 radical (unpaired) electrons. The number of hydrogen-bond acceptors (Lipinski definition) is 2. The monoisotopic (exact) mass is 276 g/mol. The van der Waals surface area contributed by atoms with E-state index < -0.39 is 0 Å². The van der Waals surface area contributed by atoms with Gasteiger partial charge >= 0.3 is 0 Å². The summed E-state index contributed by atoms with van der Waals surface area (Å²) in [6.07, 6.45) is 1.79. The molecule has 0 spiro atoms. The summed E-state index contributed by atoms with van der Waals surface area (Å²) < 4.78 is 2.93. The molecule has 14 heavy (non-hydrogen) atoms. The minimum absolute atomic E-state index is 0.640. The lowest BCUT2D eigenvalue weighted by Gasteiger charge is -2.08. The first-order valence-electron chi connectivity index (χ1n) is 4.34. The molecule has 0 aliphatic heterocycles. The van der Waals surface area contributed by atoms with Crippen LogP contribution in [0, 0.1) is 0 Å². The molecule has 78 valence electrons. The average Bonchev–Trinajstić information content (AvgIpc) is 2.55. The molecule has 0 unspecified atom stereocenters. The maximum absolute atomic E-state index is 4.98. The van der Waals surface area contributed by atoms with Crippen molar-refractivity contribution in [1.29, 1.82) is 0 Å². The van der Waals surface area contributed by atoms with Gasteiger partial charge in [-0.15, -0.1) is 0 Å². The van der Waals surface area contributed by atoms with Gasteiger partial charge in [0, 0.05) is 13.6 Å². The number of halogens is 1. The maximum Gasteiger partial charge on any atom is 0.166 e. The fourth-order valence-electron chi connectivity index (χ4n) is 1.09. The summed E-state index contributed by atoms with van der Waals surface area (Å²) in [5.41, 5.74) is 1.10. The van der Waals surface area contributed by atoms with Crippen LogP contribution >= 0.6 is 28.1 Å². The number of nitrogens with one attached hydrogen (secondary N) is 2. The van der Waals surface area contributed by atoms with E-state index in [0.29, 0.717) is 11.7 Å².